The number of halogens is 1. The van der Waals surface area contributed by atoms with Crippen molar-refractivity contribution in [3.05, 3.63) is 51.0 Å². The Hall–Kier alpha value is -3.00. The van der Waals surface area contributed by atoms with Crippen LogP contribution in [0.25, 0.3) is 0 Å². The summed E-state index contributed by atoms with van der Waals surface area (Å²) in [5.74, 6) is 0.0934. The van der Waals surface area contributed by atoms with Crippen LogP contribution < -0.4 is 20.5 Å². The normalized spacial score (nSPS) is 10.1. The number of carbonyl (C=O) groups is 1. The van der Waals surface area contributed by atoms with Crippen molar-refractivity contribution < 1.29 is 19.2 Å². The largest absolute Gasteiger partial charge is 0.495 e. The van der Waals surface area contributed by atoms with Crippen molar-refractivity contribution in [3.8, 4) is 11.5 Å². The molecule has 2 rings (SSSR count). The van der Waals surface area contributed by atoms with Gasteiger partial charge in [0.1, 0.15) is 17.2 Å². The summed E-state index contributed by atoms with van der Waals surface area (Å²) >= 11 is 6.00. The van der Waals surface area contributed by atoms with Crippen molar-refractivity contribution in [1.29, 1.82) is 0 Å². The summed E-state index contributed by atoms with van der Waals surface area (Å²) in [7, 11) is 2.85. The molecule has 2 aromatic rings. The third kappa shape index (κ3) is 3.49. The van der Waals surface area contributed by atoms with Crippen LogP contribution in [0.2, 0.25) is 5.02 Å². The van der Waals surface area contributed by atoms with Gasteiger partial charge in [0.2, 0.25) is 0 Å². The van der Waals surface area contributed by atoms with Crippen LogP contribution in [0.1, 0.15) is 10.4 Å². The highest BCUT2D eigenvalue weighted by atomic mass is 35.5. The number of amides is 1. The van der Waals surface area contributed by atoms with Gasteiger partial charge in [-0.25, -0.2) is 0 Å². The number of hydrogen-bond acceptors (Lipinski definition) is 6. The van der Waals surface area contributed by atoms with Gasteiger partial charge in [0.25, 0.3) is 11.6 Å². The van der Waals surface area contributed by atoms with Crippen molar-refractivity contribution in [1.82, 2.24) is 0 Å². The van der Waals surface area contributed by atoms with E-state index < -0.39 is 10.8 Å². The Morgan fingerprint density at radius 1 is 1.21 bits per heavy atom. The minimum absolute atomic E-state index is 0.0257. The minimum atomic E-state index is -0.655. The first kappa shape index (κ1) is 17.4. The van der Waals surface area contributed by atoms with E-state index in [1.54, 1.807) is 0 Å². The van der Waals surface area contributed by atoms with Gasteiger partial charge < -0.3 is 20.5 Å². The predicted molar refractivity (Wildman–Crippen MR) is 90.0 cm³/mol. The molecular weight excluding hydrogens is 338 g/mol. The molecule has 126 valence electrons. The van der Waals surface area contributed by atoms with Crippen molar-refractivity contribution in [3.63, 3.8) is 0 Å². The Morgan fingerprint density at radius 3 is 2.46 bits per heavy atom. The molecule has 0 radical (unpaired) electrons. The number of nitro benzene ring substituents is 1. The van der Waals surface area contributed by atoms with Crippen LogP contribution in [-0.4, -0.2) is 25.1 Å². The van der Waals surface area contributed by atoms with E-state index in [0.717, 1.165) is 6.07 Å². The van der Waals surface area contributed by atoms with E-state index in [4.69, 9.17) is 26.8 Å². The monoisotopic (exact) mass is 351 g/mol. The van der Waals surface area contributed by atoms with Crippen LogP contribution in [0.5, 0.6) is 11.5 Å². The van der Waals surface area contributed by atoms with Gasteiger partial charge >= 0.3 is 0 Å². The zero-order valence-corrected chi connectivity index (χ0v) is 13.6. The smallest absolute Gasteiger partial charge is 0.292 e. The Morgan fingerprint density at radius 2 is 1.88 bits per heavy atom. The first-order valence-electron chi connectivity index (χ1n) is 6.64. The first-order valence-corrected chi connectivity index (χ1v) is 7.02. The summed E-state index contributed by atoms with van der Waals surface area (Å²) in [4.78, 5) is 22.6. The third-order valence-corrected chi connectivity index (χ3v) is 3.51. The molecule has 0 bridgehead atoms. The number of carbonyl (C=O) groups excluding carboxylic acids is 1. The quantitative estimate of drug-likeness (QED) is 0.485. The second kappa shape index (κ2) is 7.05. The van der Waals surface area contributed by atoms with Gasteiger partial charge in [0.05, 0.1) is 29.9 Å². The lowest BCUT2D eigenvalue weighted by Gasteiger charge is -2.13. The minimum Gasteiger partial charge on any atom is -0.495 e. The van der Waals surface area contributed by atoms with Crippen LogP contribution in [0, 0.1) is 10.1 Å². The predicted octanol–water partition coefficient (Wildman–Crippen LogP) is 3.10. The molecule has 0 saturated carbocycles. The summed E-state index contributed by atoms with van der Waals surface area (Å²) < 4.78 is 10.3. The Balaban J connectivity index is 2.36. The average Bonchev–Trinajstić information content (AvgIpc) is 2.55. The maximum absolute atomic E-state index is 12.3. The number of anilines is 2. The standard InChI is InChI=1S/C15H14ClN3O5/c1-23-13-7-11(14(24-2)6-9(13)16)18-15(20)8-3-4-10(17)12(5-8)19(21)22/h3-7H,17H2,1-2H3,(H,18,20). The fourth-order valence-corrected chi connectivity index (χ4v) is 2.23. The number of rotatable bonds is 5. The van der Waals surface area contributed by atoms with Crippen LogP contribution in [0.3, 0.4) is 0 Å². The molecule has 0 fully saturated rings. The molecule has 0 atom stereocenters. The molecule has 0 saturated heterocycles. The van der Waals surface area contributed by atoms with Crippen LogP contribution >= 0.6 is 11.6 Å². The van der Waals surface area contributed by atoms with Crippen molar-refractivity contribution in [2.45, 2.75) is 0 Å². The number of nitrogens with two attached hydrogens (primary N) is 1. The molecule has 0 aliphatic carbocycles. The maximum atomic E-state index is 12.3. The Kier molecular flexibility index (Phi) is 5.10. The molecule has 0 heterocycles. The number of methoxy groups -OCH3 is 2. The van der Waals surface area contributed by atoms with Gasteiger partial charge in [-0.05, 0) is 12.1 Å². The van der Waals surface area contributed by atoms with Crippen molar-refractivity contribution >= 4 is 34.6 Å². The molecule has 9 heteroatoms. The van der Waals surface area contributed by atoms with Gasteiger partial charge in [-0.2, -0.15) is 0 Å². The number of ether oxygens (including phenoxy) is 2. The summed E-state index contributed by atoms with van der Waals surface area (Å²) in [5, 5.41) is 13.8. The van der Waals surface area contributed by atoms with Gasteiger partial charge in [0, 0.05) is 23.8 Å². The van der Waals surface area contributed by atoms with Crippen LogP contribution in [0.15, 0.2) is 30.3 Å². The zero-order valence-electron chi connectivity index (χ0n) is 12.8. The molecule has 0 unspecified atom stereocenters. The number of nitro groups is 1. The van der Waals surface area contributed by atoms with Gasteiger partial charge in [-0.1, -0.05) is 11.6 Å². The lowest BCUT2D eigenvalue weighted by molar-refractivity contribution is -0.383. The van der Waals surface area contributed by atoms with Gasteiger partial charge in [-0.15, -0.1) is 0 Å². The van der Waals surface area contributed by atoms with E-state index in [1.807, 2.05) is 0 Å². The van der Waals surface area contributed by atoms with Crippen LogP contribution in [0.4, 0.5) is 17.1 Å². The van der Waals surface area contributed by atoms with E-state index in [2.05, 4.69) is 5.32 Å². The molecule has 0 spiro atoms. The highest BCUT2D eigenvalue weighted by Crippen LogP contribution is 2.36. The molecule has 24 heavy (non-hydrogen) atoms. The second-order valence-electron chi connectivity index (χ2n) is 4.67. The maximum Gasteiger partial charge on any atom is 0.292 e. The fraction of sp³-hybridized carbons (Fsp3) is 0.133. The van der Waals surface area contributed by atoms with E-state index in [1.165, 1.54) is 38.5 Å². The first-order chi connectivity index (χ1) is 11.4. The molecule has 0 aromatic heterocycles. The molecular formula is C15H14ClN3O5. The number of nitrogens with zero attached hydrogens (tertiary/aromatic N) is 1. The molecule has 8 nitrogen and oxygen atoms in total. The van der Waals surface area contributed by atoms with E-state index in [9.17, 15) is 14.9 Å². The topological polar surface area (TPSA) is 117 Å². The second-order valence-corrected chi connectivity index (χ2v) is 5.08. The molecule has 3 N–H and O–H groups in total. The summed E-state index contributed by atoms with van der Waals surface area (Å²) in [6.45, 7) is 0. The third-order valence-electron chi connectivity index (χ3n) is 3.21. The lowest BCUT2D eigenvalue weighted by atomic mass is 10.1. The number of hydrogen-bond donors (Lipinski definition) is 2. The van der Waals surface area contributed by atoms with E-state index in [-0.39, 0.29) is 16.9 Å². The van der Waals surface area contributed by atoms with Gasteiger partial charge in [-0.3, -0.25) is 14.9 Å². The molecule has 0 aliphatic rings. The lowest BCUT2D eigenvalue weighted by Crippen LogP contribution is -2.13. The summed E-state index contributed by atoms with van der Waals surface area (Å²) in [6, 6.07) is 6.76. The Bertz CT molecular complexity index is 810. The molecule has 0 aliphatic heterocycles. The number of benzene rings is 2. The van der Waals surface area contributed by atoms with E-state index in [0.29, 0.717) is 22.2 Å². The Labute approximate surface area is 142 Å². The van der Waals surface area contributed by atoms with Crippen molar-refractivity contribution in [2.75, 3.05) is 25.3 Å². The molecule has 2 aromatic carbocycles. The summed E-state index contributed by atoms with van der Waals surface area (Å²) in [5.41, 5.74) is 5.53. The highest BCUT2D eigenvalue weighted by molar-refractivity contribution is 6.32. The summed E-state index contributed by atoms with van der Waals surface area (Å²) in [6.07, 6.45) is 0. The fourth-order valence-electron chi connectivity index (χ4n) is 2.00. The highest BCUT2D eigenvalue weighted by Gasteiger charge is 2.18. The number of nitrogens with one attached hydrogen (secondary N) is 1. The number of nitrogen functional groups attached to an aromatic ring is 1. The van der Waals surface area contributed by atoms with Crippen LogP contribution in [-0.2, 0) is 0 Å². The molecule has 1 amide bonds. The average molecular weight is 352 g/mol. The van der Waals surface area contributed by atoms with Crippen molar-refractivity contribution in [2.24, 2.45) is 0 Å². The van der Waals surface area contributed by atoms with Gasteiger partial charge in [0.15, 0.2) is 0 Å². The SMILES string of the molecule is COc1cc(NC(=O)c2ccc(N)c([N+](=O)[O-])c2)c(OC)cc1Cl. The van der Waals surface area contributed by atoms with E-state index >= 15 is 0 Å². The zero-order chi connectivity index (χ0) is 17.9.